The van der Waals surface area contributed by atoms with Crippen LogP contribution in [0.1, 0.15) is 22.3 Å². The Kier molecular flexibility index (Phi) is 9.77. The van der Waals surface area contributed by atoms with Crippen LogP contribution in [0.3, 0.4) is 0 Å². The first kappa shape index (κ1) is 40.3. The summed E-state index contributed by atoms with van der Waals surface area (Å²) in [6.45, 7) is 0. The van der Waals surface area contributed by atoms with Gasteiger partial charge in [0.25, 0.3) is 0 Å². The molecule has 1 heterocycles. The van der Waals surface area contributed by atoms with E-state index < -0.39 is 5.41 Å². The molecule has 0 spiro atoms. The van der Waals surface area contributed by atoms with Crippen molar-refractivity contribution in [3.63, 3.8) is 0 Å². The van der Waals surface area contributed by atoms with Crippen LogP contribution in [0.15, 0.2) is 277 Å². The minimum atomic E-state index is -0.593. The van der Waals surface area contributed by atoms with E-state index in [0.29, 0.717) is 0 Å². The Bertz CT molecular complexity index is 3800. The first-order valence-corrected chi connectivity index (χ1v) is 23.8. The molecule has 1 aliphatic rings. The van der Waals surface area contributed by atoms with Crippen LogP contribution in [0.5, 0.6) is 0 Å². The van der Waals surface area contributed by atoms with Crippen molar-refractivity contribution in [2.75, 3.05) is 4.90 Å². The standard InChI is InChI=1S/C67H45NO/c1-5-23-46(24-6-1)51-31-13-14-35-57(51)65-52(47-25-7-2-8-26-47)36-22-41-63(65)68(62-40-19-16-33-55(62)58-37-21-38-59-56-34-17-20-42-64(56)69-66(58)59)50-43-44-54-53-32-15-18-39-60(53)67(61(54)45-50,48-27-9-3-10-28-48)49-29-11-4-12-30-49/h1-45H. The van der Waals surface area contributed by atoms with Crippen molar-refractivity contribution >= 4 is 39.0 Å². The van der Waals surface area contributed by atoms with Crippen molar-refractivity contribution in [1.29, 1.82) is 0 Å². The quantitative estimate of drug-likeness (QED) is 0.144. The molecule has 2 nitrogen and oxygen atoms in total. The second-order valence-corrected chi connectivity index (χ2v) is 17.9. The molecule has 11 aromatic carbocycles. The van der Waals surface area contributed by atoms with Gasteiger partial charge in [0.1, 0.15) is 11.2 Å². The zero-order valence-corrected chi connectivity index (χ0v) is 37.8. The van der Waals surface area contributed by atoms with Gasteiger partial charge in [-0.05, 0) is 91.5 Å². The summed E-state index contributed by atoms with van der Waals surface area (Å²) in [5, 5.41) is 2.20. The lowest BCUT2D eigenvalue weighted by molar-refractivity contribution is 0.670. The van der Waals surface area contributed by atoms with E-state index in [1.807, 2.05) is 6.07 Å². The molecule has 0 bridgehead atoms. The second kappa shape index (κ2) is 16.7. The highest BCUT2D eigenvalue weighted by atomic mass is 16.3. The Morgan fingerprint density at radius 2 is 0.797 bits per heavy atom. The fourth-order valence-electron chi connectivity index (χ4n) is 11.3. The number of rotatable bonds is 9. The van der Waals surface area contributed by atoms with Crippen molar-refractivity contribution in [2.45, 2.75) is 5.41 Å². The zero-order chi connectivity index (χ0) is 45.7. The maximum atomic E-state index is 6.82. The second-order valence-electron chi connectivity index (χ2n) is 17.9. The molecule has 1 aliphatic carbocycles. The Labute approximate surface area is 402 Å². The lowest BCUT2D eigenvalue weighted by Gasteiger charge is -2.35. The molecule has 0 saturated carbocycles. The fourth-order valence-corrected chi connectivity index (χ4v) is 11.3. The van der Waals surface area contributed by atoms with Crippen LogP contribution in [0, 0.1) is 0 Å². The summed E-state index contributed by atoms with van der Waals surface area (Å²) < 4.78 is 6.82. The summed E-state index contributed by atoms with van der Waals surface area (Å²) in [6, 6.07) is 99.4. The number of para-hydroxylation sites is 3. The van der Waals surface area contributed by atoms with Gasteiger partial charge < -0.3 is 9.32 Å². The normalized spacial score (nSPS) is 12.5. The summed E-state index contributed by atoms with van der Waals surface area (Å²) in [5.41, 5.74) is 20.8. The predicted molar refractivity (Wildman–Crippen MR) is 287 cm³/mol. The van der Waals surface area contributed by atoms with Gasteiger partial charge in [-0.15, -0.1) is 0 Å². The predicted octanol–water partition coefficient (Wildman–Crippen LogP) is 18.1. The average Bonchev–Trinajstić information content (AvgIpc) is 3.96. The molecule has 1 aromatic heterocycles. The summed E-state index contributed by atoms with van der Waals surface area (Å²) in [6.07, 6.45) is 0. The maximum Gasteiger partial charge on any atom is 0.143 e. The van der Waals surface area contributed by atoms with Crippen LogP contribution in [-0.4, -0.2) is 0 Å². The smallest absolute Gasteiger partial charge is 0.143 e. The van der Waals surface area contributed by atoms with Crippen molar-refractivity contribution < 1.29 is 4.42 Å². The minimum absolute atomic E-state index is 0.593. The van der Waals surface area contributed by atoms with Gasteiger partial charge in [-0.3, -0.25) is 0 Å². The van der Waals surface area contributed by atoms with Crippen LogP contribution < -0.4 is 4.90 Å². The molecule has 0 fully saturated rings. The van der Waals surface area contributed by atoms with Gasteiger partial charge >= 0.3 is 0 Å². The molecule has 0 aliphatic heterocycles. The minimum Gasteiger partial charge on any atom is -0.455 e. The van der Waals surface area contributed by atoms with Crippen molar-refractivity contribution in [2.24, 2.45) is 0 Å². The molecule has 0 saturated heterocycles. The highest BCUT2D eigenvalue weighted by Crippen LogP contribution is 2.58. The van der Waals surface area contributed by atoms with E-state index in [1.54, 1.807) is 0 Å². The van der Waals surface area contributed by atoms with Crippen LogP contribution in [0.25, 0.3) is 77.6 Å². The van der Waals surface area contributed by atoms with Crippen LogP contribution in [0.4, 0.5) is 17.1 Å². The third-order valence-electron chi connectivity index (χ3n) is 14.2. The van der Waals surface area contributed by atoms with E-state index in [2.05, 4.69) is 272 Å². The molecular formula is C67H45NO. The maximum absolute atomic E-state index is 6.82. The molecule has 0 unspecified atom stereocenters. The van der Waals surface area contributed by atoms with E-state index in [4.69, 9.17) is 4.42 Å². The summed E-state index contributed by atoms with van der Waals surface area (Å²) in [5.74, 6) is 0. The molecule has 0 N–H and O–H groups in total. The lowest BCUT2D eigenvalue weighted by atomic mass is 9.67. The number of hydrogen-bond donors (Lipinski definition) is 0. The van der Waals surface area contributed by atoms with Crippen molar-refractivity contribution in [1.82, 2.24) is 0 Å². The summed E-state index contributed by atoms with van der Waals surface area (Å²) >= 11 is 0. The number of nitrogens with zero attached hydrogens (tertiary/aromatic N) is 1. The van der Waals surface area contributed by atoms with Crippen molar-refractivity contribution in [3.05, 3.63) is 295 Å². The summed E-state index contributed by atoms with van der Waals surface area (Å²) in [4.78, 5) is 2.52. The summed E-state index contributed by atoms with van der Waals surface area (Å²) in [7, 11) is 0. The fraction of sp³-hybridized carbons (Fsp3) is 0.0149. The van der Waals surface area contributed by atoms with E-state index in [1.165, 1.54) is 38.9 Å². The molecule has 13 rings (SSSR count). The van der Waals surface area contributed by atoms with Crippen molar-refractivity contribution in [3.8, 4) is 55.6 Å². The third kappa shape index (κ3) is 6.48. The Balaban J connectivity index is 1.15. The molecule has 0 amide bonds. The molecule has 69 heavy (non-hydrogen) atoms. The van der Waals surface area contributed by atoms with E-state index >= 15 is 0 Å². The van der Waals surface area contributed by atoms with Gasteiger partial charge in [-0.25, -0.2) is 0 Å². The SMILES string of the molecule is c1ccc(-c2ccccc2-c2c(-c3ccccc3)cccc2N(c2ccc3c(c2)C(c2ccccc2)(c2ccccc2)c2ccccc2-3)c2ccccc2-c2cccc3c2oc2ccccc23)cc1. The van der Waals surface area contributed by atoms with E-state index in [9.17, 15) is 0 Å². The van der Waals surface area contributed by atoms with Gasteiger partial charge in [-0.2, -0.15) is 0 Å². The van der Waals surface area contributed by atoms with Gasteiger partial charge in [-0.1, -0.05) is 243 Å². The van der Waals surface area contributed by atoms with Gasteiger partial charge in [0.15, 0.2) is 0 Å². The van der Waals surface area contributed by atoms with Gasteiger partial charge in [0, 0.05) is 33.2 Å². The van der Waals surface area contributed by atoms with E-state index in [0.717, 1.165) is 77.9 Å². The Morgan fingerprint density at radius 3 is 1.52 bits per heavy atom. The number of benzene rings is 11. The molecule has 12 aromatic rings. The molecule has 0 radical (unpaired) electrons. The average molecular weight is 880 g/mol. The lowest BCUT2D eigenvalue weighted by Crippen LogP contribution is -2.28. The van der Waals surface area contributed by atoms with Crippen LogP contribution >= 0.6 is 0 Å². The highest BCUT2D eigenvalue weighted by molar-refractivity contribution is 6.11. The largest absolute Gasteiger partial charge is 0.455 e. The molecule has 324 valence electrons. The third-order valence-corrected chi connectivity index (χ3v) is 14.2. The zero-order valence-electron chi connectivity index (χ0n) is 37.8. The molecule has 2 heteroatoms. The Hall–Kier alpha value is -8.98. The number of fused-ring (bicyclic) bond motifs is 6. The first-order chi connectivity index (χ1) is 34.3. The van der Waals surface area contributed by atoms with Gasteiger partial charge in [0.2, 0.25) is 0 Å². The monoisotopic (exact) mass is 879 g/mol. The molecule has 0 atom stereocenters. The number of furan rings is 1. The molecular weight excluding hydrogens is 835 g/mol. The number of hydrogen-bond acceptors (Lipinski definition) is 2. The highest BCUT2D eigenvalue weighted by Gasteiger charge is 2.46. The Morgan fingerprint density at radius 1 is 0.304 bits per heavy atom. The topological polar surface area (TPSA) is 16.4 Å². The van der Waals surface area contributed by atoms with Crippen LogP contribution in [-0.2, 0) is 5.41 Å². The van der Waals surface area contributed by atoms with Crippen LogP contribution in [0.2, 0.25) is 0 Å². The first-order valence-electron chi connectivity index (χ1n) is 23.8. The number of anilines is 3. The van der Waals surface area contributed by atoms with Gasteiger partial charge in [0.05, 0.1) is 16.8 Å². The van der Waals surface area contributed by atoms with E-state index in [-0.39, 0.29) is 0 Å².